The molecule has 0 amide bonds. The molecule has 0 bridgehead atoms. The first-order valence-corrected chi connectivity index (χ1v) is 7.47. The molecule has 0 saturated carbocycles. The molecule has 2 aromatic rings. The molecular formula is C16H19BrN2O. The van der Waals surface area contributed by atoms with Gasteiger partial charge in [0.25, 0.3) is 0 Å². The van der Waals surface area contributed by atoms with E-state index in [2.05, 4.69) is 47.0 Å². The quantitative estimate of drug-likeness (QED) is 0.875. The van der Waals surface area contributed by atoms with Crippen LogP contribution in [0.2, 0.25) is 0 Å². The fourth-order valence-electron chi connectivity index (χ4n) is 2.02. The number of aromatic nitrogens is 1. The molecular weight excluding hydrogens is 316 g/mol. The molecule has 0 atom stereocenters. The normalized spacial score (nSPS) is 10.4. The number of hydrogen-bond acceptors (Lipinski definition) is 3. The van der Waals surface area contributed by atoms with Crippen molar-refractivity contribution in [2.45, 2.75) is 27.4 Å². The van der Waals surface area contributed by atoms with Crippen LogP contribution in [-0.2, 0) is 6.61 Å². The summed E-state index contributed by atoms with van der Waals surface area (Å²) in [6, 6.07) is 8.04. The molecule has 20 heavy (non-hydrogen) atoms. The Kier molecular flexibility index (Phi) is 5.01. The van der Waals surface area contributed by atoms with E-state index in [-0.39, 0.29) is 0 Å². The lowest BCUT2D eigenvalue weighted by molar-refractivity contribution is 0.301. The molecule has 0 radical (unpaired) electrons. The van der Waals surface area contributed by atoms with Gasteiger partial charge in [-0.2, -0.15) is 0 Å². The highest BCUT2D eigenvalue weighted by Gasteiger charge is 2.04. The van der Waals surface area contributed by atoms with E-state index in [4.69, 9.17) is 4.74 Å². The van der Waals surface area contributed by atoms with Gasteiger partial charge >= 0.3 is 0 Å². The van der Waals surface area contributed by atoms with Crippen molar-refractivity contribution in [2.75, 3.05) is 11.9 Å². The molecule has 1 aromatic carbocycles. The average molecular weight is 335 g/mol. The van der Waals surface area contributed by atoms with E-state index >= 15 is 0 Å². The Bertz CT molecular complexity index is 576. The van der Waals surface area contributed by atoms with Gasteiger partial charge in [-0.25, -0.2) is 0 Å². The Balaban J connectivity index is 2.07. The van der Waals surface area contributed by atoms with E-state index in [1.54, 1.807) is 6.20 Å². The van der Waals surface area contributed by atoms with Crippen molar-refractivity contribution in [3.8, 4) is 5.75 Å². The smallest absolute Gasteiger partial charge is 0.130 e. The predicted molar refractivity (Wildman–Crippen MR) is 86.3 cm³/mol. The molecule has 1 N–H and O–H groups in total. The van der Waals surface area contributed by atoms with E-state index < -0.39 is 0 Å². The number of rotatable bonds is 5. The Morgan fingerprint density at radius 1 is 1.20 bits per heavy atom. The topological polar surface area (TPSA) is 34.2 Å². The van der Waals surface area contributed by atoms with Crippen LogP contribution in [0.5, 0.6) is 5.75 Å². The molecule has 0 fully saturated rings. The third kappa shape index (κ3) is 3.73. The van der Waals surface area contributed by atoms with Crippen LogP contribution < -0.4 is 10.1 Å². The van der Waals surface area contributed by atoms with Crippen LogP contribution in [-0.4, -0.2) is 11.5 Å². The second-order valence-electron chi connectivity index (χ2n) is 4.73. The van der Waals surface area contributed by atoms with Gasteiger partial charge in [-0.1, -0.05) is 15.9 Å². The van der Waals surface area contributed by atoms with Gasteiger partial charge in [0.1, 0.15) is 12.4 Å². The SMILES string of the molecule is CCNc1ccnc(COc2cc(C)c(Br)c(C)c2)c1. The van der Waals surface area contributed by atoms with Crippen LogP contribution in [0.25, 0.3) is 0 Å². The first-order valence-electron chi connectivity index (χ1n) is 6.68. The number of ether oxygens (including phenoxy) is 1. The zero-order chi connectivity index (χ0) is 14.5. The number of pyridine rings is 1. The molecule has 0 aliphatic rings. The maximum absolute atomic E-state index is 5.83. The lowest BCUT2D eigenvalue weighted by atomic mass is 10.1. The zero-order valence-electron chi connectivity index (χ0n) is 12.0. The number of nitrogens with one attached hydrogen (secondary N) is 1. The third-order valence-corrected chi connectivity index (χ3v) is 4.24. The fraction of sp³-hybridized carbons (Fsp3) is 0.312. The summed E-state index contributed by atoms with van der Waals surface area (Å²) in [5.74, 6) is 0.874. The van der Waals surface area contributed by atoms with Gasteiger partial charge in [-0.05, 0) is 56.2 Å². The van der Waals surface area contributed by atoms with Crippen LogP contribution in [0.15, 0.2) is 34.9 Å². The van der Waals surface area contributed by atoms with Gasteiger partial charge in [0, 0.05) is 22.9 Å². The monoisotopic (exact) mass is 334 g/mol. The summed E-state index contributed by atoms with van der Waals surface area (Å²) in [7, 11) is 0. The minimum Gasteiger partial charge on any atom is -0.487 e. The Labute approximate surface area is 128 Å². The highest BCUT2D eigenvalue weighted by atomic mass is 79.9. The van der Waals surface area contributed by atoms with Gasteiger partial charge in [0.15, 0.2) is 0 Å². The van der Waals surface area contributed by atoms with E-state index in [0.29, 0.717) is 6.61 Å². The summed E-state index contributed by atoms with van der Waals surface area (Å²) < 4.78 is 6.97. The summed E-state index contributed by atoms with van der Waals surface area (Å²) in [5.41, 5.74) is 4.34. The lowest BCUT2D eigenvalue weighted by Gasteiger charge is -2.10. The standard InChI is InChI=1S/C16H19BrN2O/c1-4-18-13-5-6-19-14(9-13)10-20-15-7-11(2)16(17)12(3)8-15/h5-9H,4,10H2,1-3H3,(H,18,19). The molecule has 106 valence electrons. The molecule has 0 unspecified atom stereocenters. The van der Waals surface area contributed by atoms with Crippen LogP contribution in [0.1, 0.15) is 23.7 Å². The number of hydrogen-bond donors (Lipinski definition) is 1. The number of aryl methyl sites for hydroxylation is 2. The Morgan fingerprint density at radius 3 is 2.55 bits per heavy atom. The number of halogens is 1. The van der Waals surface area contributed by atoms with E-state index in [9.17, 15) is 0 Å². The van der Waals surface area contributed by atoms with Crippen molar-refractivity contribution < 1.29 is 4.74 Å². The van der Waals surface area contributed by atoms with Gasteiger partial charge in [0.2, 0.25) is 0 Å². The largest absolute Gasteiger partial charge is 0.487 e. The number of nitrogens with zero attached hydrogens (tertiary/aromatic N) is 1. The van der Waals surface area contributed by atoms with Gasteiger partial charge in [-0.3, -0.25) is 4.98 Å². The van der Waals surface area contributed by atoms with E-state index in [1.165, 1.54) is 11.1 Å². The summed E-state index contributed by atoms with van der Waals surface area (Å²) in [6.45, 7) is 7.57. The first kappa shape index (κ1) is 14.9. The van der Waals surface area contributed by atoms with Gasteiger partial charge < -0.3 is 10.1 Å². The average Bonchev–Trinajstić information content (AvgIpc) is 2.43. The van der Waals surface area contributed by atoms with Crippen molar-refractivity contribution >= 4 is 21.6 Å². The molecule has 0 saturated heterocycles. The molecule has 0 spiro atoms. The molecule has 1 heterocycles. The van der Waals surface area contributed by atoms with Crippen LogP contribution in [0.4, 0.5) is 5.69 Å². The molecule has 2 rings (SSSR count). The van der Waals surface area contributed by atoms with Crippen molar-refractivity contribution in [3.63, 3.8) is 0 Å². The summed E-state index contributed by atoms with van der Waals surface area (Å²) in [6.07, 6.45) is 1.80. The summed E-state index contributed by atoms with van der Waals surface area (Å²) in [5, 5.41) is 3.27. The zero-order valence-corrected chi connectivity index (χ0v) is 13.6. The van der Waals surface area contributed by atoms with Crippen molar-refractivity contribution in [1.82, 2.24) is 4.98 Å². The Morgan fingerprint density at radius 2 is 1.90 bits per heavy atom. The Hall–Kier alpha value is -1.55. The van der Waals surface area contributed by atoms with Crippen LogP contribution in [0, 0.1) is 13.8 Å². The van der Waals surface area contributed by atoms with Crippen molar-refractivity contribution in [2.24, 2.45) is 0 Å². The summed E-state index contributed by atoms with van der Waals surface area (Å²) in [4.78, 5) is 4.32. The number of anilines is 1. The van der Waals surface area contributed by atoms with Gasteiger partial charge in [-0.15, -0.1) is 0 Å². The maximum atomic E-state index is 5.83. The molecule has 3 nitrogen and oxygen atoms in total. The van der Waals surface area contributed by atoms with Gasteiger partial charge in [0.05, 0.1) is 5.69 Å². The van der Waals surface area contributed by atoms with Crippen molar-refractivity contribution in [3.05, 3.63) is 51.8 Å². The lowest BCUT2D eigenvalue weighted by Crippen LogP contribution is -2.02. The third-order valence-electron chi connectivity index (χ3n) is 2.99. The minimum atomic E-state index is 0.472. The predicted octanol–water partition coefficient (Wildman–Crippen LogP) is 4.47. The molecule has 4 heteroatoms. The number of benzene rings is 1. The second kappa shape index (κ2) is 6.75. The molecule has 0 aliphatic carbocycles. The van der Waals surface area contributed by atoms with Crippen LogP contribution >= 0.6 is 15.9 Å². The fourth-order valence-corrected chi connectivity index (χ4v) is 2.25. The second-order valence-corrected chi connectivity index (χ2v) is 5.52. The first-order chi connectivity index (χ1) is 9.60. The maximum Gasteiger partial charge on any atom is 0.130 e. The summed E-state index contributed by atoms with van der Waals surface area (Å²) >= 11 is 3.56. The highest BCUT2D eigenvalue weighted by Crippen LogP contribution is 2.26. The van der Waals surface area contributed by atoms with Crippen LogP contribution in [0.3, 0.4) is 0 Å². The van der Waals surface area contributed by atoms with E-state index in [1.807, 2.05) is 24.3 Å². The highest BCUT2D eigenvalue weighted by molar-refractivity contribution is 9.10. The minimum absolute atomic E-state index is 0.472. The van der Waals surface area contributed by atoms with E-state index in [0.717, 1.165) is 28.1 Å². The molecule has 1 aromatic heterocycles. The van der Waals surface area contributed by atoms with Crippen molar-refractivity contribution in [1.29, 1.82) is 0 Å². The molecule has 0 aliphatic heterocycles.